The first-order valence-corrected chi connectivity index (χ1v) is 13.6. The van der Waals surface area contributed by atoms with Gasteiger partial charge in [0.15, 0.2) is 11.9 Å². The Morgan fingerprint density at radius 1 is 0.698 bits per heavy atom. The van der Waals surface area contributed by atoms with Gasteiger partial charge in [-0.15, -0.1) is 0 Å². The zero-order chi connectivity index (χ0) is 34.5. The van der Waals surface area contributed by atoms with Crippen LogP contribution in [0.2, 0.25) is 0 Å². The molecule has 0 aliphatic heterocycles. The number of guanidine groups is 2. The normalized spacial score (nSPS) is 14.7. The highest BCUT2D eigenvalue weighted by atomic mass is 32.3. The minimum Gasteiger partial charge on any atom is -0.480 e. The summed E-state index contributed by atoms with van der Waals surface area (Å²) < 4.78 is 31.6. The van der Waals surface area contributed by atoms with Crippen LogP contribution in [0, 0.1) is 0 Å². The minimum atomic E-state index is -4.67. The van der Waals surface area contributed by atoms with Crippen LogP contribution in [0.4, 0.5) is 0 Å². The van der Waals surface area contributed by atoms with E-state index in [2.05, 4.69) is 20.6 Å². The lowest BCUT2D eigenvalue weighted by Gasteiger charge is -2.19. The fourth-order valence-corrected chi connectivity index (χ4v) is 2.50. The average molecular weight is 649 g/mol. The molecule has 22 nitrogen and oxygen atoms in total. The van der Waals surface area contributed by atoms with Crippen LogP contribution in [0.3, 0.4) is 0 Å². The zero-order valence-electron chi connectivity index (χ0n) is 23.6. The van der Waals surface area contributed by atoms with Gasteiger partial charge in [-0.1, -0.05) is 0 Å². The number of carboxylic acids is 2. The standard InChI is InChI=1S/2C10H21N5O4.H2O4S/c2*1-5(16)7(11)8(17)15-6(9(18)19)3-2-4-14-10(12)13;1-5(2,3)4/h2*5-7,16H,2-4,11H2,1H3,(H,15,17)(H,18,19)(H4,12,13,14);(H2,1,2,3,4). The summed E-state index contributed by atoms with van der Waals surface area (Å²) in [6.45, 7) is 3.23. The lowest BCUT2D eigenvalue weighted by atomic mass is 10.1. The monoisotopic (exact) mass is 648 g/mol. The Bertz CT molecular complexity index is 958. The van der Waals surface area contributed by atoms with E-state index in [1.165, 1.54) is 13.8 Å². The van der Waals surface area contributed by atoms with Crippen molar-refractivity contribution in [1.29, 1.82) is 0 Å². The zero-order valence-corrected chi connectivity index (χ0v) is 24.4. The van der Waals surface area contributed by atoms with Crippen LogP contribution in [-0.2, 0) is 29.6 Å². The summed E-state index contributed by atoms with van der Waals surface area (Å²) >= 11 is 0. The molecule has 43 heavy (non-hydrogen) atoms. The van der Waals surface area contributed by atoms with Gasteiger partial charge in [-0.3, -0.25) is 28.7 Å². The SMILES string of the molecule is CC(O)C(N)C(=O)NC(CCCN=C(N)N)C(=O)O.CC(O)C(N)C(=O)NC(CCCN=C(N)N)C(=O)O.O=S(=O)(O)O. The van der Waals surface area contributed by atoms with Crippen LogP contribution >= 0.6 is 0 Å². The molecule has 0 aliphatic carbocycles. The van der Waals surface area contributed by atoms with E-state index in [9.17, 15) is 19.2 Å². The molecule has 0 saturated heterocycles. The third-order valence-electron chi connectivity index (χ3n) is 4.76. The molecule has 0 saturated carbocycles. The van der Waals surface area contributed by atoms with Gasteiger partial charge in [-0.25, -0.2) is 9.59 Å². The first kappa shape index (κ1) is 43.6. The van der Waals surface area contributed by atoms with Crippen molar-refractivity contribution in [3.05, 3.63) is 0 Å². The van der Waals surface area contributed by atoms with E-state index >= 15 is 0 Å². The third-order valence-corrected chi connectivity index (χ3v) is 4.76. The molecule has 0 bridgehead atoms. The molecule has 6 unspecified atom stereocenters. The van der Waals surface area contributed by atoms with Gasteiger partial charge in [-0.2, -0.15) is 8.42 Å². The minimum absolute atomic E-state index is 0.0768. The number of carboxylic acid groups (broad SMARTS) is 2. The van der Waals surface area contributed by atoms with Crippen LogP contribution in [0.5, 0.6) is 0 Å². The van der Waals surface area contributed by atoms with Gasteiger partial charge in [-0.05, 0) is 39.5 Å². The predicted molar refractivity (Wildman–Crippen MR) is 152 cm³/mol. The Morgan fingerprint density at radius 2 is 0.953 bits per heavy atom. The quantitative estimate of drug-likeness (QED) is 0.0320. The number of aliphatic imine (C=N–C) groups is 2. The Kier molecular flexibility index (Phi) is 23.0. The summed E-state index contributed by atoms with van der Waals surface area (Å²) in [6.07, 6.45) is -1.03. The summed E-state index contributed by atoms with van der Waals surface area (Å²) in [5.74, 6) is -3.96. The molecule has 20 N–H and O–H groups in total. The molecular formula is C20H44N10O12S. The maximum absolute atomic E-state index is 11.5. The van der Waals surface area contributed by atoms with Crippen molar-refractivity contribution in [2.24, 2.45) is 44.4 Å². The smallest absolute Gasteiger partial charge is 0.394 e. The molecule has 23 heteroatoms. The summed E-state index contributed by atoms with van der Waals surface area (Å²) in [5, 5.41) is 40.7. The second-order valence-electron chi connectivity index (χ2n) is 8.68. The van der Waals surface area contributed by atoms with Gasteiger partial charge in [0.05, 0.1) is 12.2 Å². The molecular weight excluding hydrogens is 604 g/mol. The lowest BCUT2D eigenvalue weighted by Crippen LogP contribution is -2.52. The number of hydrogen-bond acceptors (Lipinski definition) is 12. The van der Waals surface area contributed by atoms with E-state index in [1.54, 1.807) is 0 Å². The molecule has 6 atom stereocenters. The number of hydrogen-bond donors (Lipinski definition) is 14. The van der Waals surface area contributed by atoms with Crippen LogP contribution in [0.15, 0.2) is 9.98 Å². The Balaban J connectivity index is -0.000000642. The molecule has 0 aromatic rings. The maximum atomic E-state index is 11.5. The van der Waals surface area contributed by atoms with Gasteiger partial charge in [0.25, 0.3) is 0 Å². The van der Waals surface area contributed by atoms with Crippen molar-refractivity contribution in [1.82, 2.24) is 10.6 Å². The average Bonchev–Trinajstić information content (AvgIpc) is 2.84. The number of rotatable bonds is 16. The number of amides is 2. The van der Waals surface area contributed by atoms with E-state index < -0.39 is 70.5 Å². The van der Waals surface area contributed by atoms with Crippen molar-refractivity contribution in [3.8, 4) is 0 Å². The number of aliphatic hydroxyl groups is 2. The van der Waals surface area contributed by atoms with Gasteiger partial charge in [0, 0.05) is 13.1 Å². The number of aliphatic carboxylic acids is 2. The fourth-order valence-electron chi connectivity index (χ4n) is 2.50. The predicted octanol–water partition coefficient (Wildman–Crippen LogP) is -6.02. The number of carbonyl (C=O) groups is 4. The van der Waals surface area contributed by atoms with Crippen molar-refractivity contribution >= 4 is 46.1 Å². The first-order valence-electron chi connectivity index (χ1n) is 12.2. The highest BCUT2D eigenvalue weighted by Crippen LogP contribution is 2.01. The largest absolute Gasteiger partial charge is 0.480 e. The molecule has 0 aromatic carbocycles. The van der Waals surface area contributed by atoms with Gasteiger partial charge < -0.3 is 65.5 Å². The molecule has 0 aliphatic rings. The number of carbonyl (C=O) groups excluding carboxylic acids is 2. The van der Waals surface area contributed by atoms with E-state index in [0.717, 1.165) is 0 Å². The Hall–Kier alpha value is -3.87. The van der Waals surface area contributed by atoms with Gasteiger partial charge in [0.2, 0.25) is 11.8 Å². The van der Waals surface area contributed by atoms with Gasteiger partial charge >= 0.3 is 22.3 Å². The second-order valence-corrected chi connectivity index (χ2v) is 9.57. The molecule has 0 rings (SSSR count). The maximum Gasteiger partial charge on any atom is 0.394 e. The molecule has 0 radical (unpaired) electrons. The summed E-state index contributed by atoms with van der Waals surface area (Å²) in [7, 11) is -4.67. The molecule has 2 amide bonds. The van der Waals surface area contributed by atoms with E-state index in [-0.39, 0.29) is 37.9 Å². The van der Waals surface area contributed by atoms with E-state index in [0.29, 0.717) is 12.8 Å². The second kappa shape index (κ2) is 22.7. The van der Waals surface area contributed by atoms with Crippen molar-refractivity contribution in [3.63, 3.8) is 0 Å². The number of nitrogens with one attached hydrogen (secondary N) is 2. The summed E-state index contributed by atoms with van der Waals surface area (Å²) in [5.41, 5.74) is 31.3. The fraction of sp³-hybridized carbons (Fsp3) is 0.700. The highest BCUT2D eigenvalue weighted by molar-refractivity contribution is 7.79. The van der Waals surface area contributed by atoms with Crippen LogP contribution < -0.4 is 45.0 Å². The molecule has 252 valence electrons. The summed E-state index contributed by atoms with van der Waals surface area (Å²) in [6, 6.07) is -4.52. The first-order chi connectivity index (χ1) is 19.5. The molecule has 0 heterocycles. The summed E-state index contributed by atoms with van der Waals surface area (Å²) in [4.78, 5) is 52.3. The Morgan fingerprint density at radius 3 is 1.14 bits per heavy atom. The highest BCUT2D eigenvalue weighted by Gasteiger charge is 2.26. The molecule has 0 spiro atoms. The number of nitrogens with two attached hydrogens (primary N) is 6. The Labute approximate surface area is 247 Å². The van der Waals surface area contributed by atoms with Crippen LogP contribution in [0.25, 0.3) is 0 Å². The third kappa shape index (κ3) is 28.0. The van der Waals surface area contributed by atoms with Crippen molar-refractivity contribution in [2.45, 2.75) is 75.9 Å². The molecule has 0 aromatic heterocycles. The van der Waals surface area contributed by atoms with Crippen LogP contribution in [0.1, 0.15) is 39.5 Å². The van der Waals surface area contributed by atoms with Crippen molar-refractivity contribution < 1.29 is 57.1 Å². The topological polar surface area (TPSA) is 429 Å². The van der Waals surface area contributed by atoms with E-state index in [1.807, 2.05) is 0 Å². The van der Waals surface area contributed by atoms with Crippen molar-refractivity contribution in [2.75, 3.05) is 13.1 Å². The lowest BCUT2D eigenvalue weighted by molar-refractivity contribution is -0.142. The van der Waals surface area contributed by atoms with E-state index in [4.69, 9.17) is 72.4 Å². The molecule has 0 fully saturated rings. The van der Waals surface area contributed by atoms with Crippen LogP contribution in [-0.4, -0.2) is 123 Å². The number of nitrogens with zero attached hydrogens (tertiary/aromatic N) is 2. The number of aliphatic hydroxyl groups excluding tert-OH is 2. The van der Waals surface area contributed by atoms with Gasteiger partial charge in [0.1, 0.15) is 24.2 Å².